The Morgan fingerprint density at radius 3 is 2.44 bits per heavy atom. The fourth-order valence-electron chi connectivity index (χ4n) is 2.36. The fraction of sp³-hybridized carbons (Fsp3) is 0.429. The van der Waals surface area contributed by atoms with Crippen LogP contribution in [0.3, 0.4) is 0 Å². The van der Waals surface area contributed by atoms with Gasteiger partial charge in [-0.25, -0.2) is 0 Å². The molecule has 96 valence electrons. The van der Waals surface area contributed by atoms with E-state index >= 15 is 0 Å². The molecule has 0 fully saturated rings. The number of anilines is 1. The number of hydrogen-bond donors (Lipinski definition) is 1. The van der Waals surface area contributed by atoms with E-state index in [2.05, 4.69) is 0 Å². The van der Waals surface area contributed by atoms with E-state index in [1.165, 1.54) is 0 Å². The zero-order chi connectivity index (χ0) is 13.3. The van der Waals surface area contributed by atoms with Crippen molar-refractivity contribution in [1.82, 2.24) is 0 Å². The highest BCUT2D eigenvalue weighted by Gasteiger charge is 2.37. The van der Waals surface area contributed by atoms with E-state index in [-0.39, 0.29) is 6.61 Å². The van der Waals surface area contributed by atoms with Gasteiger partial charge in [-0.15, -0.1) is 0 Å². The number of carbonyl (C=O) groups excluding carboxylic acids is 2. The molecule has 18 heavy (non-hydrogen) atoms. The summed E-state index contributed by atoms with van der Waals surface area (Å²) in [5, 5.41) is 8.78. The molecule has 1 aliphatic rings. The van der Waals surface area contributed by atoms with Crippen LogP contribution >= 0.6 is 0 Å². The number of aliphatic hydroxyl groups is 1. The number of carbonyl (C=O) groups is 2. The van der Waals surface area contributed by atoms with Crippen molar-refractivity contribution in [2.75, 3.05) is 18.1 Å². The fourth-order valence-corrected chi connectivity index (χ4v) is 2.36. The number of rotatable bonds is 4. The lowest BCUT2D eigenvalue weighted by molar-refractivity contribution is -0.114. The number of aryl methyl sites for hydroxylation is 2. The van der Waals surface area contributed by atoms with Crippen LogP contribution in [0.25, 0.3) is 0 Å². The highest BCUT2D eigenvalue weighted by atomic mass is 16.3. The zero-order valence-corrected chi connectivity index (χ0v) is 10.7. The molecule has 4 heteroatoms. The molecule has 1 aliphatic heterocycles. The molecule has 0 saturated heterocycles. The summed E-state index contributed by atoms with van der Waals surface area (Å²) < 4.78 is 0. The third-order valence-electron chi connectivity index (χ3n) is 3.31. The number of aliphatic hydroxyl groups excluding tert-OH is 1. The summed E-state index contributed by atoms with van der Waals surface area (Å²) in [4.78, 5) is 25.5. The maximum atomic E-state index is 12.0. The van der Waals surface area contributed by atoms with Crippen molar-refractivity contribution in [3.8, 4) is 0 Å². The van der Waals surface area contributed by atoms with E-state index in [9.17, 15) is 9.59 Å². The van der Waals surface area contributed by atoms with Crippen LogP contribution in [-0.4, -0.2) is 29.9 Å². The smallest absolute Gasteiger partial charge is 0.299 e. The van der Waals surface area contributed by atoms with Crippen LogP contribution in [0, 0.1) is 13.8 Å². The summed E-state index contributed by atoms with van der Waals surface area (Å²) in [6.45, 7) is 4.35. The Hall–Kier alpha value is -1.68. The van der Waals surface area contributed by atoms with Crippen LogP contribution < -0.4 is 4.90 Å². The van der Waals surface area contributed by atoms with E-state index in [1.807, 2.05) is 26.0 Å². The lowest BCUT2D eigenvalue weighted by atomic mass is 10.0. The Morgan fingerprint density at radius 2 is 1.78 bits per heavy atom. The molecule has 0 spiro atoms. The molecule has 4 nitrogen and oxygen atoms in total. The van der Waals surface area contributed by atoms with Crippen LogP contribution in [0.5, 0.6) is 0 Å². The molecule has 0 radical (unpaired) electrons. The summed E-state index contributed by atoms with van der Waals surface area (Å²) in [6, 6.07) is 3.80. The molecule has 1 N–H and O–H groups in total. The third-order valence-corrected chi connectivity index (χ3v) is 3.31. The van der Waals surface area contributed by atoms with Crippen molar-refractivity contribution in [3.63, 3.8) is 0 Å². The molecular weight excluding hydrogens is 230 g/mol. The van der Waals surface area contributed by atoms with Crippen LogP contribution in [0.1, 0.15) is 34.3 Å². The predicted octanol–water partition coefficient (Wildman–Crippen LogP) is 1.61. The van der Waals surface area contributed by atoms with Crippen LogP contribution in [0.15, 0.2) is 12.1 Å². The number of ketones is 1. The Labute approximate surface area is 106 Å². The van der Waals surface area contributed by atoms with E-state index in [4.69, 9.17) is 5.11 Å². The van der Waals surface area contributed by atoms with Gasteiger partial charge in [0.05, 0.1) is 11.3 Å². The second kappa shape index (κ2) is 4.90. The predicted molar refractivity (Wildman–Crippen MR) is 68.9 cm³/mol. The summed E-state index contributed by atoms with van der Waals surface area (Å²) in [5.41, 5.74) is 3.09. The number of nitrogens with zero attached hydrogens (tertiary/aromatic N) is 1. The van der Waals surface area contributed by atoms with Crippen molar-refractivity contribution in [2.24, 2.45) is 0 Å². The van der Waals surface area contributed by atoms with Gasteiger partial charge in [-0.05, 0) is 37.8 Å². The van der Waals surface area contributed by atoms with Crippen molar-refractivity contribution in [1.29, 1.82) is 0 Å². The SMILES string of the molecule is Cc1ccc(C)c2c1C(=O)C(=O)N2CCCCO. The van der Waals surface area contributed by atoms with Crippen LogP contribution in [0.2, 0.25) is 0 Å². The second-order valence-electron chi connectivity index (χ2n) is 4.64. The zero-order valence-electron chi connectivity index (χ0n) is 10.7. The monoisotopic (exact) mass is 247 g/mol. The van der Waals surface area contributed by atoms with Gasteiger partial charge in [-0.1, -0.05) is 12.1 Å². The molecular formula is C14H17NO3. The Kier molecular flexibility index (Phi) is 3.48. The summed E-state index contributed by atoms with van der Waals surface area (Å²) in [5.74, 6) is -0.851. The lowest BCUT2D eigenvalue weighted by Crippen LogP contribution is -2.31. The molecule has 1 heterocycles. The minimum Gasteiger partial charge on any atom is -0.396 e. The lowest BCUT2D eigenvalue weighted by Gasteiger charge is -2.18. The van der Waals surface area contributed by atoms with Gasteiger partial charge < -0.3 is 10.0 Å². The number of Topliss-reactive ketones (excluding diaryl/α,β-unsaturated/α-hetero) is 1. The Morgan fingerprint density at radius 1 is 1.11 bits per heavy atom. The molecule has 0 aromatic heterocycles. The van der Waals surface area contributed by atoms with E-state index in [1.54, 1.807) is 4.90 Å². The number of hydrogen-bond acceptors (Lipinski definition) is 3. The van der Waals surface area contributed by atoms with Crippen molar-refractivity contribution < 1.29 is 14.7 Å². The topological polar surface area (TPSA) is 57.6 Å². The average Bonchev–Trinajstić information content (AvgIpc) is 2.60. The maximum Gasteiger partial charge on any atom is 0.299 e. The third kappa shape index (κ3) is 1.93. The second-order valence-corrected chi connectivity index (χ2v) is 4.64. The molecule has 0 bridgehead atoms. The first-order valence-electron chi connectivity index (χ1n) is 6.15. The van der Waals surface area contributed by atoms with Crippen LogP contribution in [0.4, 0.5) is 5.69 Å². The maximum absolute atomic E-state index is 12.0. The highest BCUT2D eigenvalue weighted by Crippen LogP contribution is 2.34. The van der Waals surface area contributed by atoms with Crippen molar-refractivity contribution >= 4 is 17.4 Å². The van der Waals surface area contributed by atoms with Gasteiger partial charge in [0.25, 0.3) is 11.7 Å². The normalized spacial score (nSPS) is 14.3. The number of unbranched alkanes of at least 4 members (excludes halogenated alkanes) is 1. The minimum absolute atomic E-state index is 0.107. The number of amides is 1. The molecule has 0 aliphatic carbocycles. The molecule has 0 saturated carbocycles. The molecule has 1 aromatic rings. The summed E-state index contributed by atoms with van der Waals surface area (Å²) in [6.07, 6.45) is 1.33. The van der Waals surface area contributed by atoms with Gasteiger partial charge in [-0.3, -0.25) is 9.59 Å². The Bertz CT molecular complexity index is 508. The van der Waals surface area contributed by atoms with Crippen LogP contribution in [-0.2, 0) is 4.79 Å². The first-order valence-corrected chi connectivity index (χ1v) is 6.15. The van der Waals surface area contributed by atoms with E-state index < -0.39 is 11.7 Å². The van der Waals surface area contributed by atoms with Gasteiger partial charge in [0.1, 0.15) is 0 Å². The van der Waals surface area contributed by atoms with Gasteiger partial charge in [0.2, 0.25) is 0 Å². The van der Waals surface area contributed by atoms with E-state index in [0.717, 1.165) is 16.8 Å². The molecule has 0 unspecified atom stereocenters. The Balaban J connectivity index is 2.39. The van der Waals surface area contributed by atoms with Gasteiger partial charge in [0.15, 0.2) is 0 Å². The van der Waals surface area contributed by atoms with Crippen molar-refractivity contribution in [3.05, 3.63) is 28.8 Å². The molecule has 1 aromatic carbocycles. The minimum atomic E-state index is -0.444. The number of benzene rings is 1. The molecule has 1 amide bonds. The van der Waals surface area contributed by atoms with Gasteiger partial charge in [-0.2, -0.15) is 0 Å². The standard InChI is InChI=1S/C14H17NO3/c1-9-5-6-10(2)12-11(9)13(17)14(18)15(12)7-3-4-8-16/h5-6,16H,3-4,7-8H2,1-2H3. The quantitative estimate of drug-likeness (QED) is 0.649. The largest absolute Gasteiger partial charge is 0.396 e. The summed E-state index contributed by atoms with van der Waals surface area (Å²) in [7, 11) is 0. The molecule has 2 rings (SSSR count). The van der Waals surface area contributed by atoms with Gasteiger partial charge >= 0.3 is 0 Å². The first kappa shape index (κ1) is 12.8. The highest BCUT2D eigenvalue weighted by molar-refractivity contribution is 6.52. The summed E-state index contributed by atoms with van der Waals surface area (Å²) >= 11 is 0. The van der Waals surface area contributed by atoms with Crippen molar-refractivity contribution in [2.45, 2.75) is 26.7 Å². The number of fused-ring (bicyclic) bond motifs is 1. The first-order chi connectivity index (χ1) is 8.57. The van der Waals surface area contributed by atoms with E-state index in [0.29, 0.717) is 24.9 Å². The van der Waals surface area contributed by atoms with Gasteiger partial charge in [0, 0.05) is 13.2 Å². The molecule has 0 atom stereocenters. The average molecular weight is 247 g/mol.